The molecule has 0 bridgehead atoms. The topological polar surface area (TPSA) is 79.6 Å². The minimum Gasteiger partial charge on any atom is -0.350 e. The van der Waals surface area contributed by atoms with Crippen molar-refractivity contribution in [1.82, 2.24) is 24.6 Å². The Hall–Kier alpha value is -3.22. The van der Waals surface area contributed by atoms with Crippen LogP contribution < -0.4 is 5.32 Å². The van der Waals surface area contributed by atoms with E-state index in [2.05, 4.69) is 15.3 Å². The molecule has 1 aliphatic rings. The van der Waals surface area contributed by atoms with Gasteiger partial charge in [-0.1, -0.05) is 30.3 Å². The summed E-state index contributed by atoms with van der Waals surface area (Å²) in [6.07, 6.45) is 7.35. The van der Waals surface area contributed by atoms with Gasteiger partial charge in [-0.25, -0.2) is 9.97 Å². The summed E-state index contributed by atoms with van der Waals surface area (Å²) in [4.78, 5) is 35.5. The van der Waals surface area contributed by atoms with Gasteiger partial charge in [-0.05, 0) is 37.3 Å². The van der Waals surface area contributed by atoms with E-state index in [1.165, 1.54) is 0 Å². The third-order valence-electron chi connectivity index (χ3n) is 5.51. The van der Waals surface area contributed by atoms with Crippen molar-refractivity contribution in [3.05, 3.63) is 66.2 Å². The summed E-state index contributed by atoms with van der Waals surface area (Å²) in [5.74, 6) is 0.813. The molecular formula is C22H25N5O2. The van der Waals surface area contributed by atoms with Crippen LogP contribution in [0.4, 0.5) is 0 Å². The number of nitrogens with one attached hydrogen (secondary N) is 1. The minimum atomic E-state index is -0.0731. The van der Waals surface area contributed by atoms with Crippen molar-refractivity contribution < 1.29 is 9.59 Å². The molecule has 2 amide bonds. The van der Waals surface area contributed by atoms with Gasteiger partial charge >= 0.3 is 0 Å². The summed E-state index contributed by atoms with van der Waals surface area (Å²) in [5.41, 5.74) is 1.51. The fourth-order valence-electron chi connectivity index (χ4n) is 3.82. The van der Waals surface area contributed by atoms with Crippen LogP contribution in [-0.4, -0.2) is 44.2 Å². The van der Waals surface area contributed by atoms with Crippen LogP contribution in [0.5, 0.6) is 0 Å². The maximum absolute atomic E-state index is 12.7. The molecule has 7 nitrogen and oxygen atoms in total. The molecule has 7 heteroatoms. The highest BCUT2D eigenvalue weighted by molar-refractivity contribution is 5.92. The summed E-state index contributed by atoms with van der Waals surface area (Å²) in [6.45, 7) is 3.29. The second-order valence-corrected chi connectivity index (χ2v) is 7.59. The molecule has 3 aromatic rings. The molecule has 1 aliphatic heterocycles. The molecular weight excluding hydrogens is 366 g/mol. The summed E-state index contributed by atoms with van der Waals surface area (Å²) in [5, 5.41) is 3.08. The van der Waals surface area contributed by atoms with Gasteiger partial charge in [0.25, 0.3) is 5.91 Å². The Morgan fingerprint density at radius 3 is 2.66 bits per heavy atom. The molecule has 0 radical (unpaired) electrons. The first-order chi connectivity index (χ1) is 14.1. The molecule has 1 saturated heterocycles. The van der Waals surface area contributed by atoms with E-state index in [9.17, 15) is 9.59 Å². The lowest BCUT2D eigenvalue weighted by Crippen LogP contribution is -2.40. The van der Waals surface area contributed by atoms with Crippen molar-refractivity contribution >= 4 is 17.6 Å². The van der Waals surface area contributed by atoms with E-state index < -0.39 is 0 Å². The Balaban J connectivity index is 1.27. The lowest BCUT2D eigenvalue weighted by Gasteiger charge is -2.31. The zero-order chi connectivity index (χ0) is 20.2. The fourth-order valence-corrected chi connectivity index (χ4v) is 3.82. The van der Waals surface area contributed by atoms with Gasteiger partial charge in [-0.3, -0.25) is 14.0 Å². The van der Waals surface area contributed by atoms with Gasteiger partial charge in [-0.2, -0.15) is 0 Å². The first kappa shape index (κ1) is 19.1. The monoisotopic (exact) mass is 391 g/mol. The highest BCUT2D eigenvalue weighted by Crippen LogP contribution is 2.22. The Morgan fingerprint density at radius 1 is 1.17 bits per heavy atom. The largest absolute Gasteiger partial charge is 0.350 e. The second kappa shape index (κ2) is 8.43. The number of likely N-dealkylation sites (tertiary alicyclic amines) is 1. The first-order valence-electron chi connectivity index (χ1n) is 10.0. The Labute approximate surface area is 169 Å². The Morgan fingerprint density at radius 2 is 1.93 bits per heavy atom. The zero-order valence-corrected chi connectivity index (χ0v) is 16.5. The number of nitrogens with zero attached hydrogens (tertiary/aromatic N) is 4. The summed E-state index contributed by atoms with van der Waals surface area (Å²) in [6, 6.07) is 11.8. The number of hydrogen-bond donors (Lipinski definition) is 1. The van der Waals surface area contributed by atoms with E-state index in [0.29, 0.717) is 36.9 Å². The molecule has 3 heterocycles. The van der Waals surface area contributed by atoms with Crippen LogP contribution in [0.15, 0.2) is 55.0 Å². The molecule has 0 spiro atoms. The molecule has 0 aliphatic carbocycles. The van der Waals surface area contributed by atoms with E-state index in [1.54, 1.807) is 22.9 Å². The summed E-state index contributed by atoms with van der Waals surface area (Å²) < 4.78 is 1.75. The number of benzene rings is 1. The molecule has 1 N–H and O–H groups in total. The lowest BCUT2D eigenvalue weighted by molar-refractivity contribution is -0.122. The molecule has 2 aromatic heterocycles. The van der Waals surface area contributed by atoms with Crippen LogP contribution in [0.25, 0.3) is 5.78 Å². The van der Waals surface area contributed by atoms with Crippen molar-refractivity contribution in [3.8, 4) is 0 Å². The smallest absolute Gasteiger partial charge is 0.274 e. The number of carbonyl (C=O) groups is 2. The molecule has 1 fully saturated rings. The second-order valence-electron chi connectivity index (χ2n) is 7.59. The SMILES string of the molecule is C[C@H](NC(=O)CC1CCN(C(=O)c2cn3cccnc3n2)CC1)c1ccccc1. The van der Waals surface area contributed by atoms with E-state index in [4.69, 9.17) is 0 Å². The molecule has 1 aromatic carbocycles. The van der Waals surface area contributed by atoms with E-state index in [0.717, 1.165) is 18.4 Å². The lowest BCUT2D eigenvalue weighted by atomic mass is 9.93. The highest BCUT2D eigenvalue weighted by atomic mass is 16.2. The number of rotatable bonds is 5. The molecule has 0 saturated carbocycles. The highest BCUT2D eigenvalue weighted by Gasteiger charge is 2.26. The standard InChI is InChI=1S/C22H25N5O2/c1-16(18-6-3-2-4-7-18)24-20(28)14-17-8-12-26(13-9-17)21(29)19-15-27-11-5-10-23-22(27)25-19/h2-7,10-11,15-17H,8-9,12-14H2,1H3,(H,24,28)/t16-/m0/s1. The van der Waals surface area contributed by atoms with Gasteiger partial charge in [0.1, 0.15) is 5.69 Å². The third kappa shape index (κ3) is 4.45. The average molecular weight is 391 g/mol. The van der Waals surface area contributed by atoms with Gasteiger partial charge in [0, 0.05) is 38.1 Å². The number of aromatic nitrogens is 3. The molecule has 0 unspecified atom stereocenters. The van der Waals surface area contributed by atoms with Crippen molar-refractivity contribution in [3.63, 3.8) is 0 Å². The van der Waals surface area contributed by atoms with Gasteiger partial charge in [0.2, 0.25) is 11.7 Å². The summed E-state index contributed by atoms with van der Waals surface area (Å²) >= 11 is 0. The number of carbonyl (C=O) groups excluding carboxylic acids is 2. The summed E-state index contributed by atoms with van der Waals surface area (Å²) in [7, 11) is 0. The van der Waals surface area contributed by atoms with E-state index in [1.807, 2.05) is 48.4 Å². The predicted octanol–water partition coefficient (Wildman–Crippen LogP) is 2.85. The van der Waals surface area contributed by atoms with Crippen LogP contribution in [-0.2, 0) is 4.79 Å². The zero-order valence-electron chi connectivity index (χ0n) is 16.5. The number of hydrogen-bond acceptors (Lipinski definition) is 4. The maximum Gasteiger partial charge on any atom is 0.274 e. The van der Waals surface area contributed by atoms with E-state index in [-0.39, 0.29) is 17.9 Å². The van der Waals surface area contributed by atoms with Crippen LogP contribution in [0, 0.1) is 5.92 Å². The minimum absolute atomic E-state index is 0.00553. The number of imidazole rings is 1. The van der Waals surface area contributed by atoms with Crippen molar-refractivity contribution in [2.45, 2.75) is 32.2 Å². The molecule has 4 rings (SSSR count). The van der Waals surface area contributed by atoms with Gasteiger partial charge in [0.05, 0.1) is 6.04 Å². The molecule has 29 heavy (non-hydrogen) atoms. The molecule has 150 valence electrons. The van der Waals surface area contributed by atoms with Crippen LogP contribution in [0.3, 0.4) is 0 Å². The van der Waals surface area contributed by atoms with Crippen molar-refractivity contribution in [1.29, 1.82) is 0 Å². The maximum atomic E-state index is 12.7. The van der Waals surface area contributed by atoms with Crippen LogP contribution in [0.1, 0.15) is 48.3 Å². The van der Waals surface area contributed by atoms with Gasteiger partial charge in [0.15, 0.2) is 0 Å². The number of piperidine rings is 1. The third-order valence-corrected chi connectivity index (χ3v) is 5.51. The Bertz CT molecular complexity index is 960. The molecule has 1 atom stereocenters. The predicted molar refractivity (Wildman–Crippen MR) is 109 cm³/mol. The first-order valence-corrected chi connectivity index (χ1v) is 10.0. The van der Waals surface area contributed by atoms with Crippen molar-refractivity contribution in [2.75, 3.05) is 13.1 Å². The fraction of sp³-hybridized carbons (Fsp3) is 0.364. The quantitative estimate of drug-likeness (QED) is 0.725. The van der Waals surface area contributed by atoms with Crippen LogP contribution in [0.2, 0.25) is 0 Å². The number of amides is 2. The van der Waals surface area contributed by atoms with Gasteiger partial charge in [-0.15, -0.1) is 0 Å². The van der Waals surface area contributed by atoms with Crippen molar-refractivity contribution in [2.24, 2.45) is 5.92 Å². The average Bonchev–Trinajstić information content (AvgIpc) is 3.18. The van der Waals surface area contributed by atoms with E-state index >= 15 is 0 Å². The van der Waals surface area contributed by atoms with Gasteiger partial charge < -0.3 is 10.2 Å². The normalized spacial score (nSPS) is 16.0. The van der Waals surface area contributed by atoms with Crippen LogP contribution >= 0.6 is 0 Å². The number of fused-ring (bicyclic) bond motifs is 1. The Kier molecular flexibility index (Phi) is 5.55.